The minimum absolute atomic E-state index is 0.0794. The van der Waals surface area contributed by atoms with E-state index in [9.17, 15) is 4.79 Å². The van der Waals surface area contributed by atoms with Gasteiger partial charge in [0.05, 0.1) is 5.02 Å². The zero-order valence-corrected chi connectivity index (χ0v) is 15.3. The van der Waals surface area contributed by atoms with Crippen molar-refractivity contribution < 1.29 is 14.3 Å². The van der Waals surface area contributed by atoms with Gasteiger partial charge in [-0.1, -0.05) is 53.7 Å². The minimum Gasteiger partial charge on any atom is -0.454 e. The molecule has 0 fully saturated rings. The van der Waals surface area contributed by atoms with Gasteiger partial charge in [-0.2, -0.15) is 0 Å². The summed E-state index contributed by atoms with van der Waals surface area (Å²) in [5, 5.41) is 0.416. The van der Waals surface area contributed by atoms with E-state index in [1.807, 2.05) is 18.2 Å². The standard InChI is InChI=1S/C18H12ClNO3S2/c19-13-8-16-15(22-10-23-16)7-12(13)6-14-17(21)25-18(20-14)24-9-11-4-2-1-3-5-11/h1-8H,9-10H2. The molecule has 0 radical (unpaired) electrons. The summed E-state index contributed by atoms with van der Waals surface area (Å²) in [4.78, 5) is 16.7. The Bertz CT molecular complexity index is 897. The van der Waals surface area contributed by atoms with E-state index < -0.39 is 0 Å². The second kappa shape index (κ2) is 7.15. The highest BCUT2D eigenvalue weighted by Gasteiger charge is 2.23. The molecule has 0 unspecified atom stereocenters. The molecule has 0 N–H and O–H groups in total. The molecule has 0 bridgehead atoms. The first-order chi connectivity index (χ1) is 12.2. The average Bonchev–Trinajstić information content (AvgIpc) is 3.20. The number of ether oxygens (including phenoxy) is 2. The Morgan fingerprint density at radius 1 is 1.20 bits per heavy atom. The van der Waals surface area contributed by atoms with Crippen LogP contribution in [-0.4, -0.2) is 16.3 Å². The van der Waals surface area contributed by atoms with Crippen molar-refractivity contribution >= 4 is 50.7 Å². The van der Waals surface area contributed by atoms with Crippen molar-refractivity contribution in [1.82, 2.24) is 0 Å². The topological polar surface area (TPSA) is 47.9 Å². The lowest BCUT2D eigenvalue weighted by Crippen LogP contribution is -1.92. The summed E-state index contributed by atoms with van der Waals surface area (Å²) in [6.07, 6.45) is 1.69. The highest BCUT2D eigenvalue weighted by molar-refractivity contribution is 8.45. The second-order valence-electron chi connectivity index (χ2n) is 5.30. The van der Waals surface area contributed by atoms with Gasteiger partial charge >= 0.3 is 0 Å². The molecule has 0 saturated heterocycles. The highest BCUT2D eigenvalue weighted by Crippen LogP contribution is 2.39. The summed E-state index contributed by atoms with van der Waals surface area (Å²) >= 11 is 8.96. The van der Waals surface area contributed by atoms with Gasteiger partial charge in [-0.15, -0.1) is 0 Å². The maximum atomic E-state index is 12.2. The molecular formula is C18H12ClNO3S2. The molecule has 0 aromatic heterocycles. The summed E-state index contributed by atoms with van der Waals surface area (Å²) in [7, 11) is 0. The molecule has 2 aliphatic heterocycles. The number of carbonyl (C=O) groups is 1. The number of fused-ring (bicyclic) bond motifs is 1. The molecule has 0 amide bonds. The van der Waals surface area contributed by atoms with Crippen molar-refractivity contribution in [3.8, 4) is 11.5 Å². The first-order valence-electron chi connectivity index (χ1n) is 7.47. The van der Waals surface area contributed by atoms with Gasteiger partial charge < -0.3 is 9.47 Å². The molecule has 0 spiro atoms. The smallest absolute Gasteiger partial charge is 0.244 e. The van der Waals surface area contributed by atoms with Crippen LogP contribution in [0.5, 0.6) is 11.5 Å². The van der Waals surface area contributed by atoms with Gasteiger partial charge in [-0.05, 0) is 35.0 Å². The first kappa shape index (κ1) is 16.6. The number of hydrogen-bond acceptors (Lipinski definition) is 6. The Labute approximate surface area is 158 Å². The number of hydrogen-bond donors (Lipinski definition) is 0. The van der Waals surface area contributed by atoms with Crippen molar-refractivity contribution in [1.29, 1.82) is 0 Å². The Balaban J connectivity index is 1.53. The van der Waals surface area contributed by atoms with Crippen LogP contribution in [0, 0.1) is 0 Å². The van der Waals surface area contributed by atoms with Gasteiger partial charge in [-0.25, -0.2) is 4.99 Å². The van der Waals surface area contributed by atoms with E-state index in [2.05, 4.69) is 17.1 Å². The van der Waals surface area contributed by atoms with Crippen LogP contribution < -0.4 is 9.47 Å². The number of thioether (sulfide) groups is 2. The van der Waals surface area contributed by atoms with Gasteiger partial charge in [0.1, 0.15) is 10.1 Å². The van der Waals surface area contributed by atoms with E-state index in [0.29, 0.717) is 27.8 Å². The summed E-state index contributed by atoms with van der Waals surface area (Å²) < 4.78 is 11.4. The van der Waals surface area contributed by atoms with Crippen molar-refractivity contribution in [2.24, 2.45) is 4.99 Å². The Hall–Kier alpha value is -1.89. The van der Waals surface area contributed by atoms with E-state index in [4.69, 9.17) is 21.1 Å². The third kappa shape index (κ3) is 3.71. The molecule has 2 aromatic rings. The maximum absolute atomic E-state index is 12.2. The SMILES string of the molecule is O=C1SC(SCc2ccccc2)=NC1=Cc1cc2c(cc1Cl)OCO2. The van der Waals surface area contributed by atoms with Crippen LogP contribution in [0.25, 0.3) is 6.08 Å². The van der Waals surface area contributed by atoms with Gasteiger partial charge in [0.15, 0.2) is 11.5 Å². The summed E-state index contributed by atoms with van der Waals surface area (Å²) in [5.41, 5.74) is 2.27. The number of carbonyl (C=O) groups excluding carboxylic acids is 1. The fourth-order valence-electron chi connectivity index (χ4n) is 2.36. The van der Waals surface area contributed by atoms with Crippen LogP contribution in [0.1, 0.15) is 11.1 Å². The zero-order chi connectivity index (χ0) is 17.2. The number of nitrogens with zero attached hydrogens (tertiary/aromatic N) is 1. The van der Waals surface area contributed by atoms with Gasteiger partial charge in [0.2, 0.25) is 11.9 Å². The number of rotatable bonds is 3. The Morgan fingerprint density at radius 3 is 2.76 bits per heavy atom. The van der Waals surface area contributed by atoms with E-state index in [-0.39, 0.29) is 11.9 Å². The minimum atomic E-state index is -0.0794. The first-order valence-corrected chi connectivity index (χ1v) is 9.65. The number of benzene rings is 2. The maximum Gasteiger partial charge on any atom is 0.244 e. The molecule has 0 atom stereocenters. The molecule has 4 rings (SSSR count). The average molecular weight is 390 g/mol. The van der Waals surface area contributed by atoms with Crippen LogP contribution in [0.4, 0.5) is 0 Å². The summed E-state index contributed by atoms with van der Waals surface area (Å²) in [5.74, 6) is 2.01. The van der Waals surface area contributed by atoms with E-state index >= 15 is 0 Å². The summed E-state index contributed by atoms with van der Waals surface area (Å²) in [6, 6.07) is 13.5. The van der Waals surface area contributed by atoms with Crippen LogP contribution in [0.3, 0.4) is 0 Å². The lowest BCUT2D eigenvalue weighted by molar-refractivity contribution is -0.107. The molecule has 2 aliphatic rings. The predicted molar refractivity (Wildman–Crippen MR) is 103 cm³/mol. The zero-order valence-electron chi connectivity index (χ0n) is 12.9. The monoisotopic (exact) mass is 389 g/mol. The van der Waals surface area contributed by atoms with Gasteiger partial charge in [0, 0.05) is 11.8 Å². The molecule has 7 heteroatoms. The van der Waals surface area contributed by atoms with Gasteiger partial charge in [-0.3, -0.25) is 4.79 Å². The summed E-state index contributed by atoms with van der Waals surface area (Å²) in [6.45, 7) is 0.179. The molecule has 126 valence electrons. The lowest BCUT2D eigenvalue weighted by Gasteiger charge is -2.01. The Kier molecular flexibility index (Phi) is 4.74. The van der Waals surface area contributed by atoms with Crippen LogP contribution >= 0.6 is 35.1 Å². The largest absolute Gasteiger partial charge is 0.454 e. The highest BCUT2D eigenvalue weighted by atomic mass is 35.5. The molecule has 4 nitrogen and oxygen atoms in total. The Morgan fingerprint density at radius 2 is 1.96 bits per heavy atom. The molecule has 25 heavy (non-hydrogen) atoms. The van der Waals surface area contributed by atoms with Crippen molar-refractivity contribution in [2.75, 3.05) is 6.79 Å². The third-order valence-electron chi connectivity index (χ3n) is 3.59. The molecule has 2 aromatic carbocycles. The van der Waals surface area contributed by atoms with Crippen molar-refractivity contribution in [2.45, 2.75) is 5.75 Å². The predicted octanol–water partition coefficient (Wildman–Crippen LogP) is 4.97. The van der Waals surface area contributed by atoms with Gasteiger partial charge in [0.25, 0.3) is 0 Å². The molecule has 0 saturated carbocycles. The fourth-order valence-corrected chi connectivity index (χ4v) is 4.37. The van der Waals surface area contributed by atoms with Crippen LogP contribution in [0.2, 0.25) is 5.02 Å². The van der Waals surface area contributed by atoms with Crippen LogP contribution in [-0.2, 0) is 10.5 Å². The molecule has 2 heterocycles. The quantitative estimate of drug-likeness (QED) is 0.693. The van der Waals surface area contributed by atoms with E-state index in [0.717, 1.165) is 21.9 Å². The second-order valence-corrected chi connectivity index (χ2v) is 7.89. The fraction of sp³-hybridized carbons (Fsp3) is 0.111. The normalized spacial score (nSPS) is 17.2. The van der Waals surface area contributed by atoms with Crippen LogP contribution in [0.15, 0.2) is 53.2 Å². The number of halogens is 1. The third-order valence-corrected chi connectivity index (χ3v) is 6.00. The molecular weight excluding hydrogens is 378 g/mol. The van der Waals surface area contributed by atoms with E-state index in [1.54, 1.807) is 30.0 Å². The van der Waals surface area contributed by atoms with Crippen molar-refractivity contribution in [3.05, 3.63) is 64.3 Å². The molecule has 0 aliphatic carbocycles. The lowest BCUT2D eigenvalue weighted by atomic mass is 10.1. The number of aliphatic imine (C=N–C) groups is 1. The van der Waals surface area contributed by atoms with Crippen molar-refractivity contribution in [3.63, 3.8) is 0 Å². The van der Waals surface area contributed by atoms with E-state index in [1.165, 1.54) is 5.56 Å².